The molecule has 7 nitrogen and oxygen atoms in total. The van der Waals surface area contributed by atoms with Gasteiger partial charge in [0.15, 0.2) is 0 Å². The lowest BCUT2D eigenvalue weighted by Crippen LogP contribution is -2.49. The van der Waals surface area contributed by atoms with Gasteiger partial charge in [0, 0.05) is 56.5 Å². The van der Waals surface area contributed by atoms with Crippen molar-refractivity contribution in [1.82, 2.24) is 10.2 Å². The smallest absolute Gasteiger partial charge is 0.251 e. The maximum atomic E-state index is 12.5. The van der Waals surface area contributed by atoms with E-state index in [4.69, 9.17) is 9.47 Å². The molecule has 0 saturated carbocycles. The maximum Gasteiger partial charge on any atom is 0.251 e. The molecule has 1 aliphatic rings. The molecule has 7 heteroatoms. The van der Waals surface area contributed by atoms with Crippen molar-refractivity contribution in [1.29, 1.82) is 0 Å². The monoisotopic (exact) mass is 397 g/mol. The van der Waals surface area contributed by atoms with Gasteiger partial charge in [0.25, 0.3) is 5.91 Å². The number of methoxy groups -OCH3 is 2. The predicted octanol–water partition coefficient (Wildman–Crippen LogP) is 2.17. The molecule has 1 heterocycles. The minimum atomic E-state index is -0.260. The number of carbonyl (C=O) groups excluding carboxylic acids is 2. The van der Waals surface area contributed by atoms with E-state index in [2.05, 4.69) is 22.3 Å². The highest BCUT2D eigenvalue weighted by molar-refractivity contribution is 5.95. The minimum absolute atomic E-state index is 0.0567. The Bertz CT molecular complexity index is 811. The number of amides is 2. The van der Waals surface area contributed by atoms with Gasteiger partial charge in [0.2, 0.25) is 5.91 Å². The molecule has 0 atom stereocenters. The lowest BCUT2D eigenvalue weighted by Gasteiger charge is -2.36. The van der Waals surface area contributed by atoms with E-state index in [-0.39, 0.29) is 24.8 Å². The Labute approximate surface area is 171 Å². The molecule has 2 amide bonds. The molecule has 1 saturated heterocycles. The summed E-state index contributed by atoms with van der Waals surface area (Å²) >= 11 is 0. The highest BCUT2D eigenvalue weighted by Crippen LogP contribution is 2.22. The van der Waals surface area contributed by atoms with Crippen LogP contribution in [0.4, 0.5) is 5.69 Å². The number of nitrogens with one attached hydrogen (secondary N) is 1. The van der Waals surface area contributed by atoms with Gasteiger partial charge in [-0.1, -0.05) is 18.2 Å². The van der Waals surface area contributed by atoms with Crippen LogP contribution in [0.2, 0.25) is 0 Å². The molecule has 1 aliphatic heterocycles. The van der Waals surface area contributed by atoms with Crippen molar-refractivity contribution >= 4 is 17.5 Å². The molecule has 2 aromatic rings. The molecule has 1 fully saturated rings. The second kappa shape index (κ2) is 9.82. The number of para-hydroxylation sites is 1. The summed E-state index contributed by atoms with van der Waals surface area (Å²) < 4.78 is 10.4. The largest absolute Gasteiger partial charge is 0.497 e. The van der Waals surface area contributed by atoms with E-state index in [1.54, 1.807) is 18.2 Å². The SMILES string of the molecule is COc1cc(OC)cc(C(=O)NCCC(=O)N2CCN(c3ccccc3)CC2)c1. The molecule has 0 radical (unpaired) electrons. The molecule has 2 aromatic carbocycles. The Morgan fingerprint density at radius 3 is 2.14 bits per heavy atom. The summed E-state index contributed by atoms with van der Waals surface area (Å²) in [6, 6.07) is 15.2. The van der Waals surface area contributed by atoms with Crippen LogP contribution in [0, 0.1) is 0 Å². The highest BCUT2D eigenvalue weighted by Gasteiger charge is 2.21. The van der Waals surface area contributed by atoms with Crippen LogP contribution in [0.3, 0.4) is 0 Å². The quantitative estimate of drug-likeness (QED) is 0.775. The van der Waals surface area contributed by atoms with Crippen LogP contribution in [0.25, 0.3) is 0 Å². The summed E-state index contributed by atoms with van der Waals surface area (Å²) in [4.78, 5) is 29.0. The van der Waals surface area contributed by atoms with E-state index < -0.39 is 0 Å². The fraction of sp³-hybridized carbons (Fsp3) is 0.364. The topological polar surface area (TPSA) is 71.1 Å². The molecular weight excluding hydrogens is 370 g/mol. The first-order chi connectivity index (χ1) is 14.1. The summed E-state index contributed by atoms with van der Waals surface area (Å²) in [6.07, 6.45) is 0.276. The Balaban J connectivity index is 1.45. The molecule has 154 valence electrons. The van der Waals surface area contributed by atoms with Gasteiger partial charge in [-0.05, 0) is 24.3 Å². The minimum Gasteiger partial charge on any atom is -0.497 e. The molecular formula is C22H27N3O4. The summed E-state index contributed by atoms with van der Waals surface area (Å²) in [7, 11) is 3.07. The van der Waals surface area contributed by atoms with E-state index in [0.29, 0.717) is 30.2 Å². The van der Waals surface area contributed by atoms with Crippen molar-refractivity contribution in [3.63, 3.8) is 0 Å². The first-order valence-electron chi connectivity index (χ1n) is 9.69. The fourth-order valence-corrected chi connectivity index (χ4v) is 3.33. The third-order valence-electron chi connectivity index (χ3n) is 4.99. The van der Waals surface area contributed by atoms with Gasteiger partial charge >= 0.3 is 0 Å². The van der Waals surface area contributed by atoms with Crippen molar-refractivity contribution in [2.24, 2.45) is 0 Å². The standard InChI is InChI=1S/C22H27N3O4/c1-28-19-14-17(15-20(16-19)29-2)22(27)23-9-8-21(26)25-12-10-24(11-13-25)18-6-4-3-5-7-18/h3-7,14-16H,8-13H2,1-2H3,(H,23,27). The summed E-state index contributed by atoms with van der Waals surface area (Å²) in [5.74, 6) is 0.883. The lowest BCUT2D eigenvalue weighted by molar-refractivity contribution is -0.131. The zero-order chi connectivity index (χ0) is 20.6. The van der Waals surface area contributed by atoms with Crippen LogP contribution in [0.5, 0.6) is 11.5 Å². The predicted molar refractivity (Wildman–Crippen MR) is 112 cm³/mol. The molecule has 3 rings (SSSR count). The summed E-state index contributed by atoms with van der Waals surface area (Å²) in [6.45, 7) is 3.29. The van der Waals surface area contributed by atoms with Gasteiger partial charge in [0.1, 0.15) is 11.5 Å². The number of hydrogen-bond acceptors (Lipinski definition) is 5. The zero-order valence-electron chi connectivity index (χ0n) is 16.9. The average Bonchev–Trinajstić information content (AvgIpc) is 2.79. The van der Waals surface area contributed by atoms with Gasteiger partial charge in [-0.25, -0.2) is 0 Å². The number of nitrogens with zero attached hydrogens (tertiary/aromatic N) is 2. The molecule has 29 heavy (non-hydrogen) atoms. The van der Waals surface area contributed by atoms with Crippen LogP contribution in [-0.2, 0) is 4.79 Å². The normalized spacial score (nSPS) is 13.7. The van der Waals surface area contributed by atoms with Crippen LogP contribution in [-0.4, -0.2) is 63.7 Å². The number of benzene rings is 2. The van der Waals surface area contributed by atoms with Gasteiger partial charge in [-0.3, -0.25) is 9.59 Å². The van der Waals surface area contributed by atoms with Crippen molar-refractivity contribution in [3.05, 3.63) is 54.1 Å². The number of anilines is 1. The van der Waals surface area contributed by atoms with Crippen molar-refractivity contribution in [3.8, 4) is 11.5 Å². The first-order valence-corrected chi connectivity index (χ1v) is 9.69. The number of carbonyl (C=O) groups is 2. The van der Waals surface area contributed by atoms with E-state index in [0.717, 1.165) is 13.1 Å². The number of hydrogen-bond donors (Lipinski definition) is 1. The van der Waals surface area contributed by atoms with Gasteiger partial charge < -0.3 is 24.6 Å². The highest BCUT2D eigenvalue weighted by atomic mass is 16.5. The van der Waals surface area contributed by atoms with E-state index in [9.17, 15) is 9.59 Å². The average molecular weight is 397 g/mol. The summed E-state index contributed by atoms with van der Waals surface area (Å²) in [5, 5.41) is 2.80. The third-order valence-corrected chi connectivity index (χ3v) is 4.99. The molecule has 0 aromatic heterocycles. The number of rotatable bonds is 7. The van der Waals surface area contributed by atoms with E-state index in [1.807, 2.05) is 23.1 Å². The van der Waals surface area contributed by atoms with Gasteiger partial charge in [-0.15, -0.1) is 0 Å². The van der Waals surface area contributed by atoms with Crippen LogP contribution < -0.4 is 19.7 Å². The molecule has 0 aliphatic carbocycles. The van der Waals surface area contributed by atoms with E-state index in [1.165, 1.54) is 19.9 Å². The second-order valence-electron chi connectivity index (χ2n) is 6.81. The second-order valence-corrected chi connectivity index (χ2v) is 6.81. The zero-order valence-corrected chi connectivity index (χ0v) is 16.9. The lowest BCUT2D eigenvalue weighted by atomic mass is 10.2. The third kappa shape index (κ3) is 5.40. The van der Waals surface area contributed by atoms with Gasteiger partial charge in [-0.2, -0.15) is 0 Å². The number of piperazine rings is 1. The Kier molecular flexibility index (Phi) is 6.94. The molecule has 0 bridgehead atoms. The first kappa shape index (κ1) is 20.5. The van der Waals surface area contributed by atoms with Crippen molar-refractivity contribution in [2.75, 3.05) is 51.8 Å². The Morgan fingerprint density at radius 1 is 0.931 bits per heavy atom. The molecule has 0 unspecified atom stereocenters. The van der Waals surface area contributed by atoms with Crippen LogP contribution in [0.1, 0.15) is 16.8 Å². The van der Waals surface area contributed by atoms with Crippen LogP contribution in [0.15, 0.2) is 48.5 Å². The number of ether oxygens (including phenoxy) is 2. The van der Waals surface area contributed by atoms with Gasteiger partial charge in [0.05, 0.1) is 14.2 Å². The van der Waals surface area contributed by atoms with Crippen LogP contribution >= 0.6 is 0 Å². The van der Waals surface area contributed by atoms with Crippen molar-refractivity contribution in [2.45, 2.75) is 6.42 Å². The summed E-state index contributed by atoms with van der Waals surface area (Å²) in [5.41, 5.74) is 1.62. The molecule has 0 spiro atoms. The fourth-order valence-electron chi connectivity index (χ4n) is 3.33. The Hall–Kier alpha value is -3.22. The maximum absolute atomic E-state index is 12.5. The Morgan fingerprint density at radius 2 is 1.55 bits per heavy atom. The van der Waals surface area contributed by atoms with Crippen molar-refractivity contribution < 1.29 is 19.1 Å². The molecule has 1 N–H and O–H groups in total. The van der Waals surface area contributed by atoms with E-state index >= 15 is 0 Å².